The second-order valence-electron chi connectivity index (χ2n) is 4.03. The van der Waals surface area contributed by atoms with Gasteiger partial charge in [-0.3, -0.25) is 14.4 Å². The predicted molar refractivity (Wildman–Crippen MR) is 56.6 cm³/mol. The molecule has 0 aliphatic carbocycles. The van der Waals surface area contributed by atoms with E-state index in [0.717, 1.165) is 0 Å². The second-order valence-corrected chi connectivity index (χ2v) is 4.03. The van der Waals surface area contributed by atoms with E-state index in [1.807, 2.05) is 13.8 Å². The maximum Gasteiger partial charge on any atom is 0.326 e. The third-order valence-electron chi connectivity index (χ3n) is 2.60. The minimum atomic E-state index is -1.24. The average Bonchev–Trinajstić information content (AvgIpc) is 2.17. The van der Waals surface area contributed by atoms with E-state index in [1.165, 1.54) is 0 Å². The molecule has 0 N–H and O–H groups in total. The van der Waals surface area contributed by atoms with Crippen LogP contribution in [0.15, 0.2) is 0 Å². The van der Waals surface area contributed by atoms with Gasteiger partial charge in [0.15, 0.2) is 11.7 Å². The molecule has 0 radical (unpaired) electrons. The maximum absolute atomic E-state index is 11.9. The highest BCUT2D eigenvalue weighted by atomic mass is 16.5. The summed E-state index contributed by atoms with van der Waals surface area (Å²) in [6.45, 7) is 5.94. The quantitative estimate of drug-likeness (QED) is 0.516. The van der Waals surface area contributed by atoms with Crippen molar-refractivity contribution in [3.8, 4) is 0 Å². The molecule has 1 fully saturated rings. The number of ketones is 1. The Morgan fingerprint density at radius 1 is 1.50 bits per heavy atom. The van der Waals surface area contributed by atoms with Gasteiger partial charge in [0.2, 0.25) is 5.91 Å². The number of ether oxygens (including phenoxy) is 1. The van der Waals surface area contributed by atoms with Gasteiger partial charge in [0.05, 0.1) is 6.61 Å². The van der Waals surface area contributed by atoms with E-state index >= 15 is 0 Å². The maximum atomic E-state index is 11.9. The molecule has 1 amide bonds. The molecule has 90 valence electrons. The highest BCUT2D eigenvalue weighted by Gasteiger charge is 2.42. The third-order valence-corrected chi connectivity index (χ3v) is 2.60. The molecule has 0 saturated carbocycles. The Bertz CT molecular complexity index is 311. The fourth-order valence-corrected chi connectivity index (χ4v) is 1.76. The molecule has 1 atom stereocenters. The molecular formula is C11H17NO4. The summed E-state index contributed by atoms with van der Waals surface area (Å²) in [7, 11) is 0. The van der Waals surface area contributed by atoms with Crippen LogP contribution in [0, 0.1) is 5.92 Å². The van der Waals surface area contributed by atoms with Crippen molar-refractivity contribution in [3.63, 3.8) is 0 Å². The molecule has 5 nitrogen and oxygen atoms in total. The first kappa shape index (κ1) is 12.7. The van der Waals surface area contributed by atoms with Crippen LogP contribution in [0.25, 0.3) is 0 Å². The van der Waals surface area contributed by atoms with Gasteiger partial charge < -0.3 is 9.64 Å². The summed E-state index contributed by atoms with van der Waals surface area (Å²) in [6, 6.07) is -0.00229. The van der Waals surface area contributed by atoms with Crippen LogP contribution in [-0.4, -0.2) is 41.8 Å². The molecule has 1 heterocycles. The number of Topliss-reactive ketones (excluding diaryl/α,β-unsaturated/α-hetero) is 1. The molecular weight excluding hydrogens is 210 g/mol. The molecule has 1 aliphatic heterocycles. The molecule has 0 bridgehead atoms. The summed E-state index contributed by atoms with van der Waals surface area (Å²) in [5.74, 6) is -2.72. The van der Waals surface area contributed by atoms with Crippen LogP contribution >= 0.6 is 0 Å². The number of likely N-dealkylation sites (tertiary alicyclic amines) is 1. The molecule has 1 aliphatic rings. The van der Waals surface area contributed by atoms with Crippen LogP contribution in [0.3, 0.4) is 0 Å². The summed E-state index contributed by atoms with van der Waals surface area (Å²) >= 11 is 0. The van der Waals surface area contributed by atoms with E-state index in [0.29, 0.717) is 6.54 Å². The SMILES string of the molecule is CCOC(=O)C1C(=O)CCN(C(C)C)C1=O. The Kier molecular flexibility index (Phi) is 4.04. The fourth-order valence-electron chi connectivity index (χ4n) is 1.76. The van der Waals surface area contributed by atoms with E-state index in [4.69, 9.17) is 4.74 Å². The number of carbonyl (C=O) groups is 3. The van der Waals surface area contributed by atoms with Crippen molar-refractivity contribution >= 4 is 17.7 Å². The first-order chi connectivity index (χ1) is 7.49. The summed E-state index contributed by atoms with van der Waals surface area (Å²) in [5.41, 5.74) is 0. The molecule has 0 aromatic rings. The van der Waals surface area contributed by atoms with Gasteiger partial charge in [-0.1, -0.05) is 0 Å². The zero-order valence-corrected chi connectivity index (χ0v) is 9.86. The van der Waals surface area contributed by atoms with Gasteiger partial charge in [-0.05, 0) is 20.8 Å². The van der Waals surface area contributed by atoms with Gasteiger partial charge in [0.25, 0.3) is 0 Å². The molecule has 1 rings (SSSR count). The minimum Gasteiger partial charge on any atom is -0.465 e. The van der Waals surface area contributed by atoms with Gasteiger partial charge in [-0.2, -0.15) is 0 Å². The lowest BCUT2D eigenvalue weighted by atomic mass is 9.94. The van der Waals surface area contributed by atoms with Crippen LogP contribution < -0.4 is 0 Å². The normalized spacial score (nSPS) is 21.5. The van der Waals surface area contributed by atoms with Crippen LogP contribution in [0.1, 0.15) is 27.2 Å². The van der Waals surface area contributed by atoms with Gasteiger partial charge >= 0.3 is 5.97 Å². The second kappa shape index (κ2) is 5.09. The average molecular weight is 227 g/mol. The molecule has 0 spiro atoms. The van der Waals surface area contributed by atoms with Crippen molar-refractivity contribution in [2.45, 2.75) is 33.2 Å². The van der Waals surface area contributed by atoms with Crippen LogP contribution in [0.5, 0.6) is 0 Å². The smallest absolute Gasteiger partial charge is 0.326 e. The van der Waals surface area contributed by atoms with Gasteiger partial charge in [-0.15, -0.1) is 0 Å². The van der Waals surface area contributed by atoms with Gasteiger partial charge in [0, 0.05) is 19.0 Å². The number of esters is 1. The number of rotatable bonds is 3. The molecule has 5 heteroatoms. The first-order valence-corrected chi connectivity index (χ1v) is 5.48. The predicted octanol–water partition coefficient (Wildman–Crippen LogP) is 0.375. The number of piperidine rings is 1. The number of nitrogens with zero attached hydrogens (tertiary/aromatic N) is 1. The molecule has 16 heavy (non-hydrogen) atoms. The van der Waals surface area contributed by atoms with Gasteiger partial charge in [-0.25, -0.2) is 0 Å². The Balaban J connectivity index is 2.84. The first-order valence-electron chi connectivity index (χ1n) is 5.48. The van der Waals surface area contributed by atoms with E-state index in [2.05, 4.69) is 0 Å². The lowest BCUT2D eigenvalue weighted by Crippen LogP contribution is -2.52. The molecule has 1 saturated heterocycles. The van der Waals surface area contributed by atoms with E-state index in [-0.39, 0.29) is 24.9 Å². The Morgan fingerprint density at radius 2 is 2.12 bits per heavy atom. The molecule has 1 unspecified atom stereocenters. The van der Waals surface area contributed by atoms with Crippen molar-refractivity contribution < 1.29 is 19.1 Å². The number of carbonyl (C=O) groups excluding carboxylic acids is 3. The lowest BCUT2D eigenvalue weighted by molar-refractivity contribution is -0.162. The van der Waals surface area contributed by atoms with E-state index < -0.39 is 17.8 Å². The highest BCUT2D eigenvalue weighted by Crippen LogP contribution is 2.18. The Labute approximate surface area is 94.7 Å². The Hall–Kier alpha value is -1.39. The molecule has 0 aromatic carbocycles. The zero-order valence-electron chi connectivity index (χ0n) is 9.86. The van der Waals surface area contributed by atoms with Crippen LogP contribution in [0.4, 0.5) is 0 Å². The van der Waals surface area contributed by atoms with E-state index in [1.54, 1.807) is 11.8 Å². The lowest BCUT2D eigenvalue weighted by Gasteiger charge is -2.33. The van der Waals surface area contributed by atoms with Crippen molar-refractivity contribution in [3.05, 3.63) is 0 Å². The van der Waals surface area contributed by atoms with Crippen molar-refractivity contribution in [2.24, 2.45) is 5.92 Å². The van der Waals surface area contributed by atoms with E-state index in [9.17, 15) is 14.4 Å². The van der Waals surface area contributed by atoms with Crippen molar-refractivity contribution in [2.75, 3.05) is 13.2 Å². The summed E-state index contributed by atoms with van der Waals surface area (Å²) in [4.78, 5) is 36.5. The number of hydrogen-bond acceptors (Lipinski definition) is 4. The zero-order chi connectivity index (χ0) is 12.3. The summed E-state index contributed by atoms with van der Waals surface area (Å²) in [6.07, 6.45) is 0.230. The highest BCUT2D eigenvalue weighted by molar-refractivity contribution is 6.17. The standard InChI is InChI=1S/C11H17NO4/c1-4-16-11(15)9-8(13)5-6-12(7(2)3)10(9)14/h7,9H,4-6H2,1-3H3. The minimum absolute atomic E-state index is 0.00229. The van der Waals surface area contributed by atoms with Crippen LogP contribution in [-0.2, 0) is 19.1 Å². The van der Waals surface area contributed by atoms with Crippen molar-refractivity contribution in [1.82, 2.24) is 4.90 Å². The number of amides is 1. The van der Waals surface area contributed by atoms with Crippen LogP contribution in [0.2, 0.25) is 0 Å². The van der Waals surface area contributed by atoms with Gasteiger partial charge in [0.1, 0.15) is 0 Å². The topological polar surface area (TPSA) is 63.7 Å². The summed E-state index contributed by atoms with van der Waals surface area (Å²) in [5, 5.41) is 0. The summed E-state index contributed by atoms with van der Waals surface area (Å²) < 4.78 is 4.74. The number of hydrogen-bond donors (Lipinski definition) is 0. The fraction of sp³-hybridized carbons (Fsp3) is 0.727. The van der Waals surface area contributed by atoms with Crippen molar-refractivity contribution in [1.29, 1.82) is 0 Å². The monoisotopic (exact) mass is 227 g/mol. The Morgan fingerprint density at radius 3 is 2.62 bits per heavy atom. The third kappa shape index (κ3) is 2.40. The molecule has 0 aromatic heterocycles. The largest absolute Gasteiger partial charge is 0.465 e.